The van der Waals surface area contributed by atoms with Gasteiger partial charge in [-0.3, -0.25) is 4.79 Å². The highest BCUT2D eigenvalue weighted by Gasteiger charge is 2.33. The summed E-state index contributed by atoms with van der Waals surface area (Å²) in [5.41, 5.74) is -0.494. The van der Waals surface area contributed by atoms with Crippen molar-refractivity contribution >= 4 is 40.7 Å². The third kappa shape index (κ3) is 3.31. The van der Waals surface area contributed by atoms with E-state index in [0.717, 1.165) is 0 Å². The molecule has 80 valence electrons. The Morgan fingerprint density at radius 3 is 2.71 bits per heavy atom. The maximum atomic E-state index is 11.2. The van der Waals surface area contributed by atoms with Crippen LogP contribution in [0, 0.1) is 0 Å². The van der Waals surface area contributed by atoms with E-state index in [1.165, 1.54) is 0 Å². The van der Waals surface area contributed by atoms with Crippen LogP contribution in [-0.4, -0.2) is 28.5 Å². The molecule has 0 bridgehead atoms. The van der Waals surface area contributed by atoms with Crippen LogP contribution in [-0.2, 0) is 9.53 Å². The topological polar surface area (TPSA) is 38.3 Å². The summed E-state index contributed by atoms with van der Waals surface area (Å²) in [6.45, 7) is 2.67. The molecule has 0 spiro atoms. The van der Waals surface area contributed by atoms with Crippen LogP contribution < -0.4 is 5.32 Å². The van der Waals surface area contributed by atoms with Crippen molar-refractivity contribution in [2.45, 2.75) is 16.3 Å². The van der Waals surface area contributed by atoms with Crippen LogP contribution in [0.2, 0.25) is 0 Å². The van der Waals surface area contributed by atoms with Gasteiger partial charge in [0.05, 0.1) is 13.2 Å². The average Bonchev–Trinajstić information content (AvgIpc) is 2.47. The lowest BCUT2D eigenvalue weighted by molar-refractivity contribution is -0.121. The van der Waals surface area contributed by atoms with Crippen LogP contribution in [0.15, 0.2) is 12.2 Å². The Morgan fingerprint density at radius 2 is 2.29 bits per heavy atom. The van der Waals surface area contributed by atoms with E-state index in [0.29, 0.717) is 6.61 Å². The molecule has 6 heteroatoms. The second kappa shape index (κ2) is 4.27. The van der Waals surface area contributed by atoms with E-state index in [-0.39, 0.29) is 6.54 Å². The van der Waals surface area contributed by atoms with Crippen molar-refractivity contribution in [3.8, 4) is 0 Å². The molecule has 0 aromatic carbocycles. The summed E-state index contributed by atoms with van der Waals surface area (Å²) < 4.78 is 3.43. The Morgan fingerprint density at radius 1 is 1.64 bits per heavy atom. The molecule has 14 heavy (non-hydrogen) atoms. The molecule has 1 heterocycles. The number of ether oxygens (including phenoxy) is 1. The third-order valence-electron chi connectivity index (χ3n) is 1.84. The summed E-state index contributed by atoms with van der Waals surface area (Å²) in [5.74, 6) is -0.646. The van der Waals surface area contributed by atoms with Crippen molar-refractivity contribution < 1.29 is 9.53 Å². The summed E-state index contributed by atoms with van der Waals surface area (Å²) in [5, 5.41) is 2.49. The molecule has 1 unspecified atom stereocenters. The van der Waals surface area contributed by atoms with E-state index >= 15 is 0 Å². The van der Waals surface area contributed by atoms with Gasteiger partial charge in [-0.15, -0.1) is 0 Å². The van der Waals surface area contributed by atoms with Gasteiger partial charge in [0.25, 0.3) is 9.70 Å². The van der Waals surface area contributed by atoms with Crippen molar-refractivity contribution in [3.05, 3.63) is 12.2 Å². The second-order valence-electron chi connectivity index (χ2n) is 3.21. The SMILES string of the molecule is CC1(CNC(=O)C(Cl)(Cl)Cl)C=CCO1. The normalized spacial score (nSPS) is 26.6. The first-order valence-electron chi connectivity index (χ1n) is 4.00. The van der Waals surface area contributed by atoms with E-state index in [4.69, 9.17) is 39.5 Å². The number of amides is 1. The molecule has 1 aliphatic heterocycles. The molecular weight excluding hydrogens is 248 g/mol. The minimum atomic E-state index is -1.92. The fraction of sp³-hybridized carbons (Fsp3) is 0.625. The van der Waals surface area contributed by atoms with E-state index in [2.05, 4.69) is 5.32 Å². The summed E-state index contributed by atoms with van der Waals surface area (Å²) in [6, 6.07) is 0. The fourth-order valence-corrected chi connectivity index (χ4v) is 1.25. The molecule has 0 aromatic heterocycles. The third-order valence-corrected chi connectivity index (χ3v) is 2.35. The van der Waals surface area contributed by atoms with E-state index < -0.39 is 15.3 Å². The first-order chi connectivity index (χ1) is 6.33. The van der Waals surface area contributed by atoms with Gasteiger partial charge in [-0.1, -0.05) is 47.0 Å². The lowest BCUT2D eigenvalue weighted by Crippen LogP contribution is -2.43. The fourth-order valence-electron chi connectivity index (χ4n) is 1.05. The predicted molar refractivity (Wildman–Crippen MR) is 56.8 cm³/mol. The van der Waals surface area contributed by atoms with E-state index in [1.807, 2.05) is 19.1 Å². The van der Waals surface area contributed by atoms with Gasteiger partial charge in [0.2, 0.25) is 0 Å². The van der Waals surface area contributed by atoms with Gasteiger partial charge in [-0.25, -0.2) is 0 Å². The molecule has 0 radical (unpaired) electrons. The average molecular weight is 259 g/mol. The summed E-state index contributed by atoms with van der Waals surface area (Å²) in [6.07, 6.45) is 3.74. The molecule has 0 fully saturated rings. The monoisotopic (exact) mass is 257 g/mol. The molecule has 1 N–H and O–H groups in total. The standard InChI is InChI=1S/C8H10Cl3NO2/c1-7(3-2-4-14-7)5-12-6(13)8(9,10)11/h2-3H,4-5H2,1H3,(H,12,13). The van der Waals surface area contributed by atoms with E-state index in [9.17, 15) is 4.79 Å². The van der Waals surface area contributed by atoms with Gasteiger partial charge in [0.15, 0.2) is 0 Å². The van der Waals surface area contributed by atoms with E-state index in [1.54, 1.807) is 0 Å². The van der Waals surface area contributed by atoms with Crippen LogP contribution in [0.3, 0.4) is 0 Å². The highest BCUT2D eigenvalue weighted by Crippen LogP contribution is 2.26. The zero-order valence-corrected chi connectivity index (χ0v) is 9.79. The highest BCUT2D eigenvalue weighted by molar-refractivity contribution is 6.76. The summed E-state index contributed by atoms with van der Waals surface area (Å²) in [7, 11) is 0. The minimum Gasteiger partial charge on any atom is -0.365 e. The molecule has 0 aromatic rings. The number of hydrogen-bond acceptors (Lipinski definition) is 2. The Kier molecular flexibility index (Phi) is 3.69. The van der Waals surface area contributed by atoms with Crippen molar-refractivity contribution in [1.29, 1.82) is 0 Å². The first-order valence-corrected chi connectivity index (χ1v) is 5.14. The molecule has 1 rings (SSSR count). The minimum absolute atomic E-state index is 0.288. The van der Waals surface area contributed by atoms with Gasteiger partial charge in [-0.2, -0.15) is 0 Å². The Labute approximate surface area is 97.3 Å². The molecule has 0 saturated heterocycles. The van der Waals surface area contributed by atoms with Crippen molar-refractivity contribution in [2.24, 2.45) is 0 Å². The smallest absolute Gasteiger partial charge is 0.272 e. The first kappa shape index (κ1) is 12.1. The number of rotatable bonds is 2. The lowest BCUT2D eigenvalue weighted by atomic mass is 10.1. The highest BCUT2D eigenvalue weighted by atomic mass is 35.6. The Balaban J connectivity index is 2.41. The van der Waals surface area contributed by atoms with Crippen molar-refractivity contribution in [2.75, 3.05) is 13.2 Å². The van der Waals surface area contributed by atoms with Crippen LogP contribution in [0.4, 0.5) is 0 Å². The molecule has 0 aliphatic carbocycles. The van der Waals surface area contributed by atoms with Gasteiger partial charge >= 0.3 is 0 Å². The number of carbonyl (C=O) groups is 1. The van der Waals surface area contributed by atoms with Gasteiger partial charge < -0.3 is 10.1 Å². The number of alkyl halides is 3. The maximum Gasteiger partial charge on any atom is 0.272 e. The van der Waals surface area contributed by atoms with Crippen molar-refractivity contribution in [3.63, 3.8) is 0 Å². The molecule has 0 saturated carbocycles. The number of nitrogens with one attached hydrogen (secondary N) is 1. The van der Waals surface area contributed by atoms with Crippen LogP contribution in [0.25, 0.3) is 0 Å². The van der Waals surface area contributed by atoms with Gasteiger partial charge in [-0.05, 0) is 6.92 Å². The quantitative estimate of drug-likeness (QED) is 0.606. The molecule has 3 nitrogen and oxygen atoms in total. The number of carbonyl (C=O) groups excluding carboxylic acids is 1. The number of halogens is 3. The zero-order chi connectivity index (χ0) is 10.8. The molecule has 1 aliphatic rings. The van der Waals surface area contributed by atoms with Crippen LogP contribution in [0.1, 0.15) is 6.92 Å². The number of hydrogen-bond donors (Lipinski definition) is 1. The second-order valence-corrected chi connectivity index (χ2v) is 5.49. The maximum absolute atomic E-state index is 11.2. The Bertz CT molecular complexity index is 262. The van der Waals surface area contributed by atoms with Crippen LogP contribution >= 0.6 is 34.8 Å². The molecule has 1 atom stereocenters. The predicted octanol–water partition coefficient (Wildman–Crippen LogP) is 1.82. The van der Waals surface area contributed by atoms with Crippen LogP contribution in [0.5, 0.6) is 0 Å². The van der Waals surface area contributed by atoms with Crippen molar-refractivity contribution in [1.82, 2.24) is 5.32 Å². The summed E-state index contributed by atoms with van der Waals surface area (Å²) >= 11 is 16.1. The van der Waals surface area contributed by atoms with Gasteiger partial charge in [0, 0.05) is 0 Å². The largest absolute Gasteiger partial charge is 0.365 e. The molecule has 1 amide bonds. The summed E-state index contributed by atoms with van der Waals surface area (Å²) in [4.78, 5) is 11.2. The lowest BCUT2D eigenvalue weighted by Gasteiger charge is -2.23. The van der Waals surface area contributed by atoms with Gasteiger partial charge in [0.1, 0.15) is 5.60 Å². The Hall–Kier alpha value is 0.0400. The zero-order valence-electron chi connectivity index (χ0n) is 7.52. The molecular formula is C8H10Cl3NO2.